The first-order valence-corrected chi connectivity index (χ1v) is 21.7. The molecule has 16 heteroatoms. The summed E-state index contributed by atoms with van der Waals surface area (Å²) < 4.78 is 29.0. The molecule has 0 aromatic carbocycles. The Morgan fingerprint density at radius 3 is 1.95 bits per heavy atom. The van der Waals surface area contributed by atoms with E-state index in [9.17, 15) is 54.9 Å². The molecule has 7 rings (SSSR count). The maximum absolute atomic E-state index is 15.0. The molecule has 7 N–H and O–H groups in total. The Bertz CT molecular complexity index is 1770. The number of hydrogen-bond acceptors (Lipinski definition) is 14. The van der Waals surface area contributed by atoms with Gasteiger partial charge in [0.2, 0.25) is 0 Å². The second-order valence-electron chi connectivity index (χ2n) is 21.0. The highest BCUT2D eigenvalue weighted by atomic mass is 16.8. The summed E-state index contributed by atoms with van der Waals surface area (Å²) in [6.07, 6.45) is -11.6. The van der Waals surface area contributed by atoms with Gasteiger partial charge < -0.3 is 59.4 Å². The van der Waals surface area contributed by atoms with Crippen molar-refractivity contribution in [2.24, 2.45) is 50.2 Å². The van der Waals surface area contributed by atoms with Crippen LogP contribution in [0.25, 0.3) is 0 Å². The summed E-state index contributed by atoms with van der Waals surface area (Å²) in [5.41, 5.74) is -1.36. The van der Waals surface area contributed by atoms with Crippen LogP contribution in [-0.4, -0.2) is 134 Å². The van der Waals surface area contributed by atoms with Crippen LogP contribution in [0.15, 0.2) is 11.6 Å². The highest BCUT2D eigenvalue weighted by molar-refractivity contribution is 5.95. The average Bonchev–Trinajstić information content (AvgIpc) is 3.16. The Kier molecular flexibility index (Phi) is 11.6. The number of allylic oxidation sites excluding steroid dienone is 2. The molecule has 0 spiro atoms. The lowest BCUT2D eigenvalue weighted by molar-refractivity contribution is -0.371. The summed E-state index contributed by atoms with van der Waals surface area (Å²) in [6.45, 7) is 17.4. The molecule has 4 saturated carbocycles. The Morgan fingerprint density at radius 1 is 0.733 bits per heavy atom. The van der Waals surface area contributed by atoms with Gasteiger partial charge in [-0.3, -0.25) is 9.59 Å². The number of rotatable bonds is 8. The zero-order valence-corrected chi connectivity index (χ0v) is 36.0. The maximum Gasteiger partial charge on any atom is 0.335 e. The third kappa shape index (κ3) is 6.72. The minimum atomic E-state index is -2.04. The number of carboxylic acids is 2. The highest BCUT2D eigenvalue weighted by Gasteiger charge is 2.71. The third-order valence-corrected chi connectivity index (χ3v) is 17.5. The van der Waals surface area contributed by atoms with Crippen LogP contribution in [0.4, 0.5) is 0 Å². The van der Waals surface area contributed by atoms with Gasteiger partial charge in [-0.15, -0.1) is 0 Å². The lowest BCUT2D eigenvalue weighted by atomic mass is 9.33. The van der Waals surface area contributed by atoms with Crippen LogP contribution in [0.5, 0.6) is 0 Å². The summed E-state index contributed by atoms with van der Waals surface area (Å²) in [5.74, 6) is -3.68. The summed E-state index contributed by atoms with van der Waals surface area (Å²) in [5, 5.41) is 72.9. The maximum atomic E-state index is 15.0. The SMILES string of the molecule is CCOC(=O)[C@@]1(C)CC[C@]2(C)CC[C@]3(C)C(=CC(=O)[C@@H]4[C@@]5(C)CC[C@H](OC6OC(C(=O)O)C(O)C(O)C6OC6OC(C(=O)O)C(O)C(O)C6O)C(C)(C)[C@@H]5CC[C@]43C)[C@@H]2C1. The van der Waals surface area contributed by atoms with Gasteiger partial charge >= 0.3 is 17.9 Å². The van der Waals surface area contributed by atoms with E-state index >= 15 is 0 Å². The molecule has 5 aliphatic carbocycles. The quantitative estimate of drug-likeness (QED) is 0.137. The molecular formula is C44H66O16. The number of aliphatic hydroxyl groups is 5. The molecule has 10 unspecified atom stereocenters. The molecule has 19 atom stereocenters. The van der Waals surface area contributed by atoms with Gasteiger partial charge in [0.15, 0.2) is 30.6 Å². The van der Waals surface area contributed by atoms with Crippen molar-refractivity contribution in [3.05, 3.63) is 11.6 Å². The summed E-state index contributed by atoms with van der Waals surface area (Å²) in [7, 11) is 0. The van der Waals surface area contributed by atoms with E-state index in [-0.39, 0.29) is 40.3 Å². The Morgan fingerprint density at radius 2 is 1.33 bits per heavy atom. The number of carboxylic acid groups (broad SMARTS) is 2. The molecule has 0 amide bonds. The number of carbonyl (C=O) groups is 4. The lowest BCUT2D eigenvalue weighted by Crippen LogP contribution is -2.68. The standard InChI is InChI=1S/C44H66O16/c1-9-56-38(55)41(5)15-14-40(4)16-17-43(7)20(21(40)19-41)18-22(45)33-42(6)12-11-24(39(2,3)23(42)10-13-44(33,43)8)57-37-32(28(49)27(48)31(59-37)35(53)54)60-36-29(50)25(46)26(47)30(58-36)34(51)52/h18,21,23-33,36-37,46-50H,9-17,19H2,1-8H3,(H,51,52)(H,53,54)/t21-,23-,24-,25?,26?,27?,28?,29?,30?,31?,32?,33+,36?,37?,40+,41-,42-,43+,44+/m0/s1. The van der Waals surface area contributed by atoms with Crippen molar-refractivity contribution in [2.45, 2.75) is 181 Å². The molecule has 338 valence electrons. The monoisotopic (exact) mass is 850 g/mol. The summed E-state index contributed by atoms with van der Waals surface area (Å²) in [6, 6.07) is 0. The molecule has 2 heterocycles. The molecular weight excluding hydrogens is 784 g/mol. The van der Waals surface area contributed by atoms with E-state index in [4.69, 9.17) is 23.7 Å². The number of ketones is 1. The Labute approximate surface area is 350 Å². The average molecular weight is 851 g/mol. The molecule has 2 saturated heterocycles. The van der Waals surface area contributed by atoms with Gasteiger partial charge in [0.1, 0.15) is 36.6 Å². The molecule has 2 aliphatic heterocycles. The van der Waals surface area contributed by atoms with Crippen LogP contribution in [0, 0.1) is 50.2 Å². The second kappa shape index (κ2) is 15.3. The van der Waals surface area contributed by atoms with E-state index < -0.39 is 101 Å². The Balaban J connectivity index is 1.17. The normalized spacial score (nSPS) is 51.1. The number of aliphatic hydroxyl groups excluding tert-OH is 5. The van der Waals surface area contributed by atoms with Crippen LogP contribution in [-0.2, 0) is 42.9 Å². The van der Waals surface area contributed by atoms with Crippen LogP contribution in [0.3, 0.4) is 0 Å². The molecule has 16 nitrogen and oxygen atoms in total. The van der Waals surface area contributed by atoms with Crippen molar-refractivity contribution in [2.75, 3.05) is 6.61 Å². The van der Waals surface area contributed by atoms with Gasteiger partial charge in [0.25, 0.3) is 0 Å². The second-order valence-corrected chi connectivity index (χ2v) is 21.0. The number of aliphatic carboxylic acids is 2. The minimum absolute atomic E-state index is 0.0361. The summed E-state index contributed by atoms with van der Waals surface area (Å²) >= 11 is 0. The zero-order chi connectivity index (χ0) is 44.3. The van der Waals surface area contributed by atoms with Crippen molar-refractivity contribution < 1.29 is 78.6 Å². The first-order chi connectivity index (χ1) is 27.8. The lowest BCUT2D eigenvalue weighted by Gasteiger charge is -2.70. The smallest absolute Gasteiger partial charge is 0.335 e. The highest BCUT2D eigenvalue weighted by Crippen LogP contribution is 2.75. The molecule has 0 bridgehead atoms. The van der Waals surface area contributed by atoms with Crippen molar-refractivity contribution in [3.8, 4) is 0 Å². The third-order valence-electron chi connectivity index (χ3n) is 17.5. The fourth-order valence-electron chi connectivity index (χ4n) is 13.7. The van der Waals surface area contributed by atoms with E-state index in [1.165, 1.54) is 5.57 Å². The molecule has 0 aromatic rings. The van der Waals surface area contributed by atoms with Gasteiger partial charge in [0, 0.05) is 5.92 Å². The van der Waals surface area contributed by atoms with Gasteiger partial charge in [-0.05, 0) is 117 Å². The summed E-state index contributed by atoms with van der Waals surface area (Å²) in [4.78, 5) is 52.3. The molecule has 7 aliphatic rings. The molecule has 60 heavy (non-hydrogen) atoms. The predicted octanol–water partition coefficient (Wildman–Crippen LogP) is 2.72. The Hall–Kier alpha value is -2.54. The van der Waals surface area contributed by atoms with E-state index in [0.29, 0.717) is 25.9 Å². The largest absolute Gasteiger partial charge is 0.479 e. The first-order valence-electron chi connectivity index (χ1n) is 21.7. The number of hydrogen-bond donors (Lipinski definition) is 7. The fourth-order valence-corrected chi connectivity index (χ4v) is 13.7. The van der Waals surface area contributed by atoms with Gasteiger partial charge in [-0.2, -0.15) is 0 Å². The van der Waals surface area contributed by atoms with Crippen molar-refractivity contribution >= 4 is 23.7 Å². The number of carbonyl (C=O) groups excluding carboxylic acids is 2. The fraction of sp³-hybridized carbons (Fsp3) is 0.864. The van der Waals surface area contributed by atoms with Crippen LogP contribution in [0.2, 0.25) is 0 Å². The van der Waals surface area contributed by atoms with Crippen LogP contribution >= 0.6 is 0 Å². The van der Waals surface area contributed by atoms with Crippen LogP contribution < -0.4 is 0 Å². The van der Waals surface area contributed by atoms with Crippen molar-refractivity contribution in [1.29, 1.82) is 0 Å². The molecule has 0 aromatic heterocycles. The number of esters is 1. The van der Waals surface area contributed by atoms with E-state index in [1.54, 1.807) is 0 Å². The number of fused-ring (bicyclic) bond motifs is 7. The minimum Gasteiger partial charge on any atom is -0.479 e. The molecule has 6 fully saturated rings. The molecule has 0 radical (unpaired) electrons. The van der Waals surface area contributed by atoms with E-state index in [0.717, 1.165) is 38.5 Å². The van der Waals surface area contributed by atoms with Gasteiger partial charge in [-0.25, -0.2) is 9.59 Å². The van der Waals surface area contributed by atoms with Gasteiger partial charge in [0.05, 0.1) is 18.1 Å². The van der Waals surface area contributed by atoms with Gasteiger partial charge in [-0.1, -0.05) is 47.1 Å². The van der Waals surface area contributed by atoms with Crippen LogP contribution in [0.1, 0.15) is 113 Å². The topological polar surface area (TPSA) is 256 Å². The number of ether oxygens (including phenoxy) is 5. The zero-order valence-electron chi connectivity index (χ0n) is 36.0. The predicted molar refractivity (Wildman–Crippen MR) is 208 cm³/mol. The van der Waals surface area contributed by atoms with E-state index in [1.807, 2.05) is 33.8 Å². The van der Waals surface area contributed by atoms with E-state index in [2.05, 4.69) is 27.7 Å². The first kappa shape index (κ1) is 45.5. The van der Waals surface area contributed by atoms with Crippen molar-refractivity contribution in [1.82, 2.24) is 0 Å². The van der Waals surface area contributed by atoms with Crippen molar-refractivity contribution in [3.63, 3.8) is 0 Å².